The molecule has 0 radical (unpaired) electrons. The maximum atomic E-state index is 5.38. The van der Waals surface area contributed by atoms with Crippen molar-refractivity contribution in [3.8, 4) is 44.9 Å². The van der Waals surface area contributed by atoms with Crippen LogP contribution in [0.2, 0.25) is 0 Å². The number of hydrogen-bond donors (Lipinski definition) is 0. The normalized spacial score (nSPS) is 12.9. The largest absolute Gasteiger partial charge is 0.324 e. The third-order valence-electron chi connectivity index (χ3n) is 11.9. The van der Waals surface area contributed by atoms with E-state index in [9.17, 15) is 0 Å². The Bertz CT molecular complexity index is 3050. The minimum atomic E-state index is -0.465. The molecule has 3 nitrogen and oxygen atoms in total. The monoisotopic (exact) mass is 715 g/mol. The van der Waals surface area contributed by atoms with Crippen LogP contribution in [0.5, 0.6) is 0 Å². The highest BCUT2D eigenvalue weighted by Crippen LogP contribution is 2.57. The molecule has 3 heteroatoms. The zero-order valence-electron chi connectivity index (χ0n) is 31.0. The first kappa shape index (κ1) is 32.3. The fourth-order valence-corrected chi connectivity index (χ4v) is 9.35. The van der Waals surface area contributed by atoms with Gasteiger partial charge in [0.05, 0.1) is 27.7 Å². The number of aromatic nitrogens is 3. The molecule has 264 valence electrons. The molecular weight excluding hydrogens is 679 g/mol. The summed E-state index contributed by atoms with van der Waals surface area (Å²) in [7, 11) is 0. The van der Waals surface area contributed by atoms with Gasteiger partial charge in [-0.05, 0) is 87.1 Å². The van der Waals surface area contributed by atoms with Crippen LogP contribution in [0.25, 0.3) is 77.6 Å². The number of imidazole rings is 1. The van der Waals surface area contributed by atoms with Gasteiger partial charge >= 0.3 is 0 Å². The van der Waals surface area contributed by atoms with E-state index in [-0.39, 0.29) is 0 Å². The van der Waals surface area contributed by atoms with Gasteiger partial charge < -0.3 is 4.57 Å². The minimum absolute atomic E-state index is 0.465. The lowest BCUT2D eigenvalue weighted by Crippen LogP contribution is -2.28. The van der Waals surface area contributed by atoms with E-state index in [2.05, 4.69) is 206 Å². The number of aryl methyl sites for hydroxylation is 1. The van der Waals surface area contributed by atoms with E-state index >= 15 is 0 Å². The molecule has 0 N–H and O–H groups in total. The van der Waals surface area contributed by atoms with E-state index in [4.69, 9.17) is 9.97 Å². The third kappa shape index (κ3) is 4.77. The second-order valence-electron chi connectivity index (χ2n) is 14.8. The molecule has 1 aliphatic rings. The molecule has 0 aliphatic heterocycles. The lowest BCUT2D eigenvalue weighted by molar-refractivity contribution is 0.769. The van der Waals surface area contributed by atoms with Crippen LogP contribution in [0.4, 0.5) is 0 Å². The minimum Gasteiger partial charge on any atom is -0.324 e. The van der Waals surface area contributed by atoms with Crippen molar-refractivity contribution < 1.29 is 0 Å². The first-order valence-electron chi connectivity index (χ1n) is 19.5. The van der Waals surface area contributed by atoms with E-state index in [1.165, 1.54) is 55.4 Å². The summed E-state index contributed by atoms with van der Waals surface area (Å²) in [6.07, 6.45) is 0. The molecule has 0 spiro atoms. The molecule has 0 atom stereocenters. The standard InChI is InChI=1S/C53H37N3/c1-2-56-50-24-14-13-23-49(50)55-52(56)38-31-27-36(28-32-38)35-25-29-37(30-26-35)51-45-33-44-41-19-9-11-21-46(41)53(39-15-5-3-6-16-39,40-17-7-4-8-18-40)47(44)34-43(45)42-20-10-12-22-48(42)54-51/h3-34H,2H2,1H3. The fraction of sp³-hybridized carbons (Fsp3) is 0.0566. The van der Waals surface area contributed by atoms with Crippen LogP contribution in [0, 0.1) is 0 Å². The summed E-state index contributed by atoms with van der Waals surface area (Å²) in [6.45, 7) is 3.04. The second-order valence-corrected chi connectivity index (χ2v) is 14.8. The topological polar surface area (TPSA) is 30.7 Å². The van der Waals surface area contributed by atoms with Crippen molar-refractivity contribution >= 4 is 32.7 Å². The van der Waals surface area contributed by atoms with Gasteiger partial charge in [0.15, 0.2) is 0 Å². The van der Waals surface area contributed by atoms with Crippen molar-refractivity contribution in [2.45, 2.75) is 18.9 Å². The Labute approximate surface area is 326 Å². The highest BCUT2D eigenvalue weighted by Gasteiger charge is 2.46. The summed E-state index contributed by atoms with van der Waals surface area (Å²) < 4.78 is 2.29. The quantitative estimate of drug-likeness (QED) is 0.161. The average Bonchev–Trinajstić information content (AvgIpc) is 3.80. The van der Waals surface area contributed by atoms with Crippen LogP contribution in [0.1, 0.15) is 29.2 Å². The summed E-state index contributed by atoms with van der Waals surface area (Å²) in [5.74, 6) is 1.00. The predicted molar refractivity (Wildman–Crippen MR) is 232 cm³/mol. The second kappa shape index (κ2) is 12.8. The summed E-state index contributed by atoms with van der Waals surface area (Å²) in [4.78, 5) is 10.4. The van der Waals surface area contributed by atoms with Crippen molar-refractivity contribution in [1.29, 1.82) is 0 Å². The average molecular weight is 716 g/mol. The fourth-order valence-electron chi connectivity index (χ4n) is 9.35. The Morgan fingerprint density at radius 2 is 1.00 bits per heavy atom. The Hall–Kier alpha value is -7.10. The Morgan fingerprint density at radius 1 is 0.429 bits per heavy atom. The van der Waals surface area contributed by atoms with Crippen LogP contribution < -0.4 is 0 Å². The van der Waals surface area contributed by atoms with Gasteiger partial charge in [-0.15, -0.1) is 0 Å². The number of pyridine rings is 1. The lowest BCUT2D eigenvalue weighted by atomic mass is 9.67. The first-order valence-corrected chi connectivity index (χ1v) is 19.5. The molecule has 0 fully saturated rings. The van der Waals surface area contributed by atoms with E-state index in [1.807, 2.05) is 0 Å². The number of nitrogens with zero attached hydrogens (tertiary/aromatic N) is 3. The predicted octanol–water partition coefficient (Wildman–Crippen LogP) is 13.1. The molecule has 0 bridgehead atoms. The van der Waals surface area contributed by atoms with Crippen molar-refractivity contribution in [2.24, 2.45) is 0 Å². The maximum Gasteiger partial charge on any atom is 0.141 e. The van der Waals surface area contributed by atoms with Crippen molar-refractivity contribution in [3.63, 3.8) is 0 Å². The van der Waals surface area contributed by atoms with Crippen LogP contribution in [0.3, 0.4) is 0 Å². The van der Waals surface area contributed by atoms with Gasteiger partial charge in [-0.1, -0.05) is 164 Å². The Morgan fingerprint density at radius 3 is 1.70 bits per heavy atom. The molecule has 2 heterocycles. The Kier molecular flexibility index (Phi) is 7.36. The number of benzene rings is 8. The van der Waals surface area contributed by atoms with E-state index in [1.54, 1.807) is 0 Å². The molecule has 1 aliphatic carbocycles. The van der Waals surface area contributed by atoms with Crippen LogP contribution in [0.15, 0.2) is 194 Å². The molecule has 0 saturated carbocycles. The molecule has 2 aromatic heterocycles. The highest BCUT2D eigenvalue weighted by molar-refractivity contribution is 6.13. The van der Waals surface area contributed by atoms with Crippen molar-refractivity contribution in [3.05, 3.63) is 216 Å². The molecule has 56 heavy (non-hydrogen) atoms. The molecule has 0 unspecified atom stereocenters. The van der Waals surface area contributed by atoms with Crippen molar-refractivity contribution in [2.75, 3.05) is 0 Å². The van der Waals surface area contributed by atoms with Gasteiger partial charge in [-0.2, -0.15) is 0 Å². The van der Waals surface area contributed by atoms with Crippen LogP contribution >= 0.6 is 0 Å². The summed E-state index contributed by atoms with van der Waals surface area (Å²) in [6, 6.07) is 70.6. The first-order chi connectivity index (χ1) is 27.7. The van der Waals surface area contributed by atoms with Gasteiger partial charge in [0, 0.05) is 28.4 Å². The lowest BCUT2D eigenvalue weighted by Gasteiger charge is -2.34. The van der Waals surface area contributed by atoms with E-state index in [0.29, 0.717) is 0 Å². The van der Waals surface area contributed by atoms with Gasteiger partial charge in [-0.3, -0.25) is 0 Å². The molecule has 0 amide bonds. The molecular formula is C53H37N3. The zero-order valence-corrected chi connectivity index (χ0v) is 31.0. The van der Waals surface area contributed by atoms with Gasteiger partial charge in [0.2, 0.25) is 0 Å². The van der Waals surface area contributed by atoms with E-state index < -0.39 is 5.41 Å². The smallest absolute Gasteiger partial charge is 0.141 e. The molecule has 8 aromatic carbocycles. The summed E-state index contributed by atoms with van der Waals surface area (Å²) in [5, 5.41) is 3.53. The number of fused-ring (bicyclic) bond motifs is 7. The zero-order chi connectivity index (χ0) is 37.2. The van der Waals surface area contributed by atoms with E-state index in [0.717, 1.165) is 51.0 Å². The summed E-state index contributed by atoms with van der Waals surface area (Å²) in [5.41, 5.74) is 15.9. The highest BCUT2D eigenvalue weighted by atomic mass is 15.1. The third-order valence-corrected chi connectivity index (χ3v) is 11.9. The molecule has 11 rings (SSSR count). The Balaban J connectivity index is 1.06. The number of para-hydroxylation sites is 3. The van der Waals surface area contributed by atoms with Crippen LogP contribution in [-0.4, -0.2) is 14.5 Å². The molecule has 10 aromatic rings. The number of hydrogen-bond acceptors (Lipinski definition) is 2. The maximum absolute atomic E-state index is 5.38. The van der Waals surface area contributed by atoms with Gasteiger partial charge in [0.1, 0.15) is 5.82 Å². The van der Waals surface area contributed by atoms with Crippen LogP contribution in [-0.2, 0) is 12.0 Å². The van der Waals surface area contributed by atoms with Gasteiger partial charge in [-0.25, -0.2) is 9.97 Å². The summed E-state index contributed by atoms with van der Waals surface area (Å²) >= 11 is 0. The SMILES string of the molecule is CCn1c(-c2ccc(-c3ccc(-c4nc5ccccc5c5cc6c(cc45)-c4ccccc4C6(c4ccccc4)c4ccccc4)cc3)cc2)nc2ccccc21. The molecule has 0 saturated heterocycles. The van der Waals surface area contributed by atoms with Gasteiger partial charge in [0.25, 0.3) is 0 Å². The number of rotatable bonds is 6. The van der Waals surface area contributed by atoms with Crippen molar-refractivity contribution in [1.82, 2.24) is 14.5 Å².